The van der Waals surface area contributed by atoms with Crippen LogP contribution in [0.1, 0.15) is 11.1 Å². The first kappa shape index (κ1) is 12.1. The topological polar surface area (TPSA) is 20.7 Å². The van der Waals surface area contributed by atoms with Gasteiger partial charge in [0.05, 0.1) is 16.7 Å². The Hall–Kier alpha value is -1.94. The van der Waals surface area contributed by atoms with Crippen LogP contribution in [0.2, 0.25) is 0 Å². The zero-order valence-corrected chi connectivity index (χ0v) is 11.5. The molecule has 0 spiro atoms. The minimum Gasteiger partial charge on any atom is -0.330 e. The molecule has 0 saturated heterocycles. The van der Waals surface area contributed by atoms with Gasteiger partial charge in [-0.3, -0.25) is 4.57 Å². The average Bonchev–Trinajstić information content (AvgIpc) is 2.68. The normalized spacial score (nSPS) is 11.1. The number of aryl methyl sites for hydroxylation is 1. The highest BCUT2D eigenvalue weighted by atomic mass is 32.1. The lowest BCUT2D eigenvalue weighted by Crippen LogP contribution is -1.98. The monoisotopic (exact) mass is 272 g/mol. The largest absolute Gasteiger partial charge is 0.330 e. The minimum absolute atomic E-state index is 0.221. The van der Waals surface area contributed by atoms with E-state index in [-0.39, 0.29) is 5.82 Å². The second-order valence-corrected chi connectivity index (χ2v) is 5.06. The first-order valence-corrected chi connectivity index (χ1v) is 6.45. The third kappa shape index (κ3) is 1.88. The molecule has 2 nitrogen and oxygen atoms in total. The van der Waals surface area contributed by atoms with E-state index in [1.165, 1.54) is 6.07 Å². The van der Waals surface area contributed by atoms with E-state index in [4.69, 9.17) is 12.2 Å². The highest BCUT2D eigenvalue weighted by Crippen LogP contribution is 2.24. The Labute approximate surface area is 115 Å². The van der Waals surface area contributed by atoms with Crippen LogP contribution in [0.25, 0.3) is 16.7 Å². The van der Waals surface area contributed by atoms with Gasteiger partial charge in [0.1, 0.15) is 5.82 Å². The van der Waals surface area contributed by atoms with Gasteiger partial charge in [0.2, 0.25) is 0 Å². The standard InChI is InChI=1S/C15H13FN2S/c1-9-6-7-14-12(8-9)17-15(19)18(14)13-5-3-4-11(16)10(13)2/h3-8H,1-2H3,(H,17,19). The molecule has 1 aromatic heterocycles. The second-order valence-electron chi connectivity index (χ2n) is 4.67. The molecule has 96 valence electrons. The van der Waals surface area contributed by atoms with Crippen molar-refractivity contribution in [1.82, 2.24) is 9.55 Å². The van der Waals surface area contributed by atoms with Crippen LogP contribution in [0.5, 0.6) is 0 Å². The van der Waals surface area contributed by atoms with E-state index < -0.39 is 0 Å². The number of hydrogen-bond donors (Lipinski definition) is 1. The summed E-state index contributed by atoms with van der Waals surface area (Å²) in [6.45, 7) is 3.79. The number of H-pyrrole nitrogens is 1. The molecule has 3 rings (SSSR count). The molecule has 0 saturated carbocycles. The molecule has 0 fully saturated rings. The number of aromatic nitrogens is 2. The van der Waals surface area contributed by atoms with Crippen LogP contribution in [0.3, 0.4) is 0 Å². The van der Waals surface area contributed by atoms with Crippen molar-refractivity contribution < 1.29 is 4.39 Å². The molecule has 2 aromatic carbocycles. The van der Waals surface area contributed by atoms with Crippen molar-refractivity contribution in [1.29, 1.82) is 0 Å². The van der Waals surface area contributed by atoms with Gasteiger partial charge in [-0.15, -0.1) is 0 Å². The SMILES string of the molecule is Cc1ccc2c(c1)[nH]c(=S)n2-c1cccc(F)c1C. The van der Waals surface area contributed by atoms with Crippen molar-refractivity contribution in [2.75, 3.05) is 0 Å². The van der Waals surface area contributed by atoms with E-state index in [1.807, 2.05) is 35.8 Å². The quantitative estimate of drug-likeness (QED) is 0.649. The van der Waals surface area contributed by atoms with Gasteiger partial charge in [0.15, 0.2) is 4.77 Å². The molecule has 0 aliphatic heterocycles. The Bertz CT molecular complexity index is 830. The van der Waals surface area contributed by atoms with Crippen molar-refractivity contribution in [3.8, 4) is 5.69 Å². The van der Waals surface area contributed by atoms with Crippen LogP contribution in [-0.2, 0) is 0 Å². The summed E-state index contributed by atoms with van der Waals surface area (Å²) in [4.78, 5) is 3.17. The number of hydrogen-bond acceptors (Lipinski definition) is 1. The first-order valence-electron chi connectivity index (χ1n) is 6.05. The number of aromatic amines is 1. The fourth-order valence-corrected chi connectivity index (χ4v) is 2.61. The van der Waals surface area contributed by atoms with Crippen molar-refractivity contribution in [2.24, 2.45) is 0 Å². The van der Waals surface area contributed by atoms with Crippen LogP contribution < -0.4 is 0 Å². The van der Waals surface area contributed by atoms with Crippen molar-refractivity contribution in [3.63, 3.8) is 0 Å². The number of nitrogens with zero attached hydrogens (tertiary/aromatic N) is 1. The number of fused-ring (bicyclic) bond motifs is 1. The van der Waals surface area contributed by atoms with Crippen LogP contribution in [0.15, 0.2) is 36.4 Å². The van der Waals surface area contributed by atoms with Gasteiger partial charge >= 0.3 is 0 Å². The van der Waals surface area contributed by atoms with Crippen molar-refractivity contribution in [3.05, 3.63) is 58.1 Å². The van der Waals surface area contributed by atoms with Crippen LogP contribution >= 0.6 is 12.2 Å². The summed E-state index contributed by atoms with van der Waals surface area (Å²) in [6.07, 6.45) is 0. The van der Waals surface area contributed by atoms with Gasteiger partial charge in [-0.05, 0) is 55.9 Å². The van der Waals surface area contributed by atoms with E-state index in [0.29, 0.717) is 10.3 Å². The Kier molecular flexibility index (Phi) is 2.75. The molecule has 0 aliphatic carbocycles. The summed E-state index contributed by atoms with van der Waals surface area (Å²) in [6, 6.07) is 11.1. The molecule has 0 aliphatic rings. The number of nitrogens with one attached hydrogen (secondary N) is 1. The van der Waals surface area contributed by atoms with E-state index >= 15 is 0 Å². The van der Waals surface area contributed by atoms with Gasteiger partial charge in [0.25, 0.3) is 0 Å². The van der Waals surface area contributed by atoms with Crippen molar-refractivity contribution in [2.45, 2.75) is 13.8 Å². The van der Waals surface area contributed by atoms with Crippen LogP contribution in [0.4, 0.5) is 4.39 Å². The summed E-state index contributed by atoms with van der Waals surface area (Å²) in [5.41, 5.74) is 4.46. The Balaban J connectivity index is 2.40. The molecule has 0 unspecified atom stereocenters. The number of benzene rings is 2. The number of halogens is 1. The van der Waals surface area contributed by atoms with Gasteiger partial charge in [0, 0.05) is 5.56 Å². The summed E-state index contributed by atoms with van der Waals surface area (Å²) in [5.74, 6) is -0.221. The molecule has 1 heterocycles. The molecule has 1 N–H and O–H groups in total. The molecule has 3 aromatic rings. The summed E-state index contributed by atoms with van der Waals surface area (Å²) in [5, 5.41) is 0. The molecular weight excluding hydrogens is 259 g/mol. The average molecular weight is 272 g/mol. The maximum atomic E-state index is 13.7. The third-order valence-corrected chi connectivity index (χ3v) is 3.60. The fourth-order valence-electron chi connectivity index (χ4n) is 2.30. The predicted molar refractivity (Wildman–Crippen MR) is 77.9 cm³/mol. The molecule has 0 bridgehead atoms. The molecular formula is C15H13FN2S. The van der Waals surface area contributed by atoms with Gasteiger partial charge in [-0.1, -0.05) is 12.1 Å². The van der Waals surface area contributed by atoms with Gasteiger partial charge < -0.3 is 4.98 Å². The molecule has 0 atom stereocenters. The molecule has 0 amide bonds. The van der Waals surface area contributed by atoms with E-state index in [2.05, 4.69) is 4.98 Å². The number of rotatable bonds is 1. The first-order chi connectivity index (χ1) is 9.08. The third-order valence-electron chi connectivity index (χ3n) is 3.32. The predicted octanol–water partition coefficient (Wildman–Crippen LogP) is 4.44. The molecule has 4 heteroatoms. The maximum absolute atomic E-state index is 13.7. The summed E-state index contributed by atoms with van der Waals surface area (Å²) < 4.78 is 16.2. The second kappa shape index (κ2) is 4.31. The minimum atomic E-state index is -0.221. The van der Waals surface area contributed by atoms with E-state index in [1.54, 1.807) is 13.0 Å². The Morgan fingerprint density at radius 3 is 2.74 bits per heavy atom. The Morgan fingerprint density at radius 2 is 1.95 bits per heavy atom. The van der Waals surface area contributed by atoms with Crippen LogP contribution in [-0.4, -0.2) is 9.55 Å². The fraction of sp³-hybridized carbons (Fsp3) is 0.133. The van der Waals surface area contributed by atoms with Crippen molar-refractivity contribution >= 4 is 23.3 Å². The van der Waals surface area contributed by atoms with E-state index in [9.17, 15) is 4.39 Å². The maximum Gasteiger partial charge on any atom is 0.182 e. The number of imidazole rings is 1. The van der Waals surface area contributed by atoms with Crippen LogP contribution in [0, 0.1) is 24.4 Å². The summed E-state index contributed by atoms with van der Waals surface area (Å²) in [7, 11) is 0. The smallest absolute Gasteiger partial charge is 0.182 e. The summed E-state index contributed by atoms with van der Waals surface area (Å²) >= 11 is 5.37. The zero-order chi connectivity index (χ0) is 13.6. The lowest BCUT2D eigenvalue weighted by atomic mass is 10.1. The Morgan fingerprint density at radius 1 is 1.16 bits per heavy atom. The lowest BCUT2D eigenvalue weighted by molar-refractivity contribution is 0.617. The lowest BCUT2D eigenvalue weighted by Gasteiger charge is -2.09. The highest BCUT2D eigenvalue weighted by molar-refractivity contribution is 7.71. The van der Waals surface area contributed by atoms with E-state index in [0.717, 1.165) is 22.3 Å². The molecule has 0 radical (unpaired) electrons. The van der Waals surface area contributed by atoms with Gasteiger partial charge in [-0.2, -0.15) is 0 Å². The molecule has 19 heavy (non-hydrogen) atoms. The highest BCUT2D eigenvalue weighted by Gasteiger charge is 2.10. The zero-order valence-electron chi connectivity index (χ0n) is 10.7. The van der Waals surface area contributed by atoms with Gasteiger partial charge in [-0.25, -0.2) is 4.39 Å².